The second-order valence-electron chi connectivity index (χ2n) is 4.94. The third kappa shape index (κ3) is 2.78. The minimum atomic E-state index is -0.110. The molecule has 0 aromatic carbocycles. The predicted molar refractivity (Wildman–Crippen MR) is 71.5 cm³/mol. The zero-order valence-corrected chi connectivity index (χ0v) is 11.5. The Hall–Kier alpha value is -1.83. The molecule has 0 saturated heterocycles. The van der Waals surface area contributed by atoms with Crippen molar-refractivity contribution in [3.05, 3.63) is 17.5 Å². The van der Waals surface area contributed by atoms with Crippen LogP contribution < -0.4 is 5.32 Å². The molecule has 1 aliphatic rings. The summed E-state index contributed by atoms with van der Waals surface area (Å²) < 4.78 is 1.73. The molecule has 1 N–H and O–H groups in total. The van der Waals surface area contributed by atoms with E-state index in [4.69, 9.17) is 5.26 Å². The summed E-state index contributed by atoms with van der Waals surface area (Å²) in [5.41, 5.74) is 1.53. The van der Waals surface area contributed by atoms with Gasteiger partial charge in [-0.3, -0.25) is 9.48 Å². The lowest BCUT2D eigenvalue weighted by atomic mass is 10.1. The molecule has 19 heavy (non-hydrogen) atoms. The SMILES string of the molecule is CCc1cc(C(=O)NC2CCCC2C#N)n(CC)n1. The normalized spacial score (nSPS) is 22.2. The monoisotopic (exact) mass is 260 g/mol. The van der Waals surface area contributed by atoms with Gasteiger partial charge in [0.1, 0.15) is 5.69 Å². The van der Waals surface area contributed by atoms with Gasteiger partial charge in [0.25, 0.3) is 5.91 Å². The molecule has 1 saturated carbocycles. The van der Waals surface area contributed by atoms with Crippen LogP contribution in [0.2, 0.25) is 0 Å². The van der Waals surface area contributed by atoms with Crippen LogP contribution in [0.1, 0.15) is 49.3 Å². The number of aromatic nitrogens is 2. The fourth-order valence-electron chi connectivity index (χ4n) is 2.60. The molecular weight excluding hydrogens is 240 g/mol. The van der Waals surface area contributed by atoms with E-state index in [2.05, 4.69) is 16.5 Å². The second-order valence-corrected chi connectivity index (χ2v) is 4.94. The van der Waals surface area contributed by atoms with E-state index in [1.165, 1.54) is 0 Å². The Bertz CT molecular complexity index is 500. The van der Waals surface area contributed by atoms with Crippen LogP contribution in [0.25, 0.3) is 0 Å². The van der Waals surface area contributed by atoms with E-state index in [0.29, 0.717) is 12.2 Å². The van der Waals surface area contributed by atoms with E-state index in [1.54, 1.807) is 4.68 Å². The van der Waals surface area contributed by atoms with Crippen LogP contribution in [-0.4, -0.2) is 21.7 Å². The van der Waals surface area contributed by atoms with Crippen LogP contribution in [0, 0.1) is 17.2 Å². The van der Waals surface area contributed by atoms with Gasteiger partial charge in [0.2, 0.25) is 0 Å². The minimum Gasteiger partial charge on any atom is -0.347 e. The highest BCUT2D eigenvalue weighted by Gasteiger charge is 2.29. The summed E-state index contributed by atoms with van der Waals surface area (Å²) in [4.78, 5) is 12.3. The van der Waals surface area contributed by atoms with Gasteiger partial charge in [-0.1, -0.05) is 6.92 Å². The third-order valence-corrected chi connectivity index (χ3v) is 3.72. The molecule has 5 nitrogen and oxygen atoms in total. The van der Waals surface area contributed by atoms with Gasteiger partial charge in [0.05, 0.1) is 17.7 Å². The quantitative estimate of drug-likeness (QED) is 0.898. The number of carbonyl (C=O) groups is 1. The molecule has 2 rings (SSSR count). The Morgan fingerprint density at radius 2 is 2.37 bits per heavy atom. The zero-order chi connectivity index (χ0) is 13.8. The first-order valence-electron chi connectivity index (χ1n) is 6.96. The number of carbonyl (C=O) groups excluding carboxylic acids is 1. The van der Waals surface area contributed by atoms with Crippen molar-refractivity contribution < 1.29 is 4.79 Å². The first-order chi connectivity index (χ1) is 9.19. The topological polar surface area (TPSA) is 70.7 Å². The molecule has 0 bridgehead atoms. The van der Waals surface area contributed by atoms with Crippen molar-refractivity contribution in [2.75, 3.05) is 0 Å². The van der Waals surface area contributed by atoms with E-state index in [1.807, 2.05) is 19.9 Å². The van der Waals surface area contributed by atoms with Crippen LogP contribution in [0.3, 0.4) is 0 Å². The molecular formula is C14H20N4O. The van der Waals surface area contributed by atoms with Crippen LogP contribution in [0.5, 0.6) is 0 Å². The minimum absolute atomic E-state index is 0.0113. The van der Waals surface area contributed by atoms with Gasteiger partial charge in [-0.25, -0.2) is 0 Å². The zero-order valence-electron chi connectivity index (χ0n) is 11.5. The molecule has 0 aliphatic heterocycles. The van der Waals surface area contributed by atoms with Crippen molar-refractivity contribution in [2.24, 2.45) is 5.92 Å². The van der Waals surface area contributed by atoms with Crippen LogP contribution in [0.4, 0.5) is 0 Å². The summed E-state index contributed by atoms with van der Waals surface area (Å²) >= 11 is 0. The molecule has 0 spiro atoms. The van der Waals surface area contributed by atoms with E-state index in [0.717, 1.165) is 31.4 Å². The molecule has 2 unspecified atom stereocenters. The van der Waals surface area contributed by atoms with Gasteiger partial charge >= 0.3 is 0 Å². The molecule has 5 heteroatoms. The number of rotatable bonds is 4. The number of nitrogens with one attached hydrogen (secondary N) is 1. The third-order valence-electron chi connectivity index (χ3n) is 3.72. The second kappa shape index (κ2) is 5.87. The molecule has 2 atom stereocenters. The lowest BCUT2D eigenvalue weighted by molar-refractivity contribution is 0.0922. The van der Waals surface area contributed by atoms with Crippen molar-refractivity contribution in [1.29, 1.82) is 5.26 Å². The first kappa shape index (κ1) is 13.6. The van der Waals surface area contributed by atoms with Crippen molar-refractivity contribution >= 4 is 5.91 Å². The number of hydrogen-bond acceptors (Lipinski definition) is 3. The summed E-state index contributed by atoms with van der Waals surface area (Å²) in [6, 6.07) is 4.11. The number of hydrogen-bond donors (Lipinski definition) is 1. The lowest BCUT2D eigenvalue weighted by Gasteiger charge is -2.15. The van der Waals surface area contributed by atoms with Gasteiger partial charge in [0, 0.05) is 12.6 Å². The molecule has 1 amide bonds. The van der Waals surface area contributed by atoms with Crippen LogP contribution >= 0.6 is 0 Å². The Morgan fingerprint density at radius 3 is 3.00 bits per heavy atom. The molecule has 1 aromatic rings. The largest absolute Gasteiger partial charge is 0.347 e. The lowest BCUT2D eigenvalue weighted by Crippen LogP contribution is -2.37. The van der Waals surface area contributed by atoms with Crippen LogP contribution in [0.15, 0.2) is 6.07 Å². The average molecular weight is 260 g/mol. The van der Waals surface area contributed by atoms with Crippen molar-refractivity contribution in [3.63, 3.8) is 0 Å². The Kier molecular flexibility index (Phi) is 4.20. The molecule has 1 heterocycles. The maximum absolute atomic E-state index is 12.3. The number of amides is 1. The Morgan fingerprint density at radius 1 is 1.58 bits per heavy atom. The van der Waals surface area contributed by atoms with E-state index >= 15 is 0 Å². The van der Waals surface area contributed by atoms with Gasteiger partial charge in [-0.15, -0.1) is 0 Å². The molecule has 1 aromatic heterocycles. The predicted octanol–water partition coefficient (Wildman–Crippen LogP) is 1.89. The van der Waals surface area contributed by atoms with Gasteiger partial charge in [0.15, 0.2) is 0 Å². The van der Waals surface area contributed by atoms with Crippen molar-refractivity contribution in [2.45, 2.75) is 52.1 Å². The number of nitriles is 1. The fraction of sp³-hybridized carbons (Fsp3) is 0.643. The van der Waals surface area contributed by atoms with Gasteiger partial charge < -0.3 is 5.32 Å². The number of nitrogens with zero attached hydrogens (tertiary/aromatic N) is 3. The summed E-state index contributed by atoms with van der Waals surface area (Å²) in [6.07, 6.45) is 3.60. The van der Waals surface area contributed by atoms with Gasteiger partial charge in [-0.2, -0.15) is 10.4 Å². The van der Waals surface area contributed by atoms with E-state index in [9.17, 15) is 4.79 Å². The Balaban J connectivity index is 2.11. The molecule has 0 radical (unpaired) electrons. The maximum Gasteiger partial charge on any atom is 0.269 e. The highest BCUT2D eigenvalue weighted by atomic mass is 16.2. The average Bonchev–Trinajstić information content (AvgIpc) is 3.03. The standard InChI is InChI=1S/C14H20N4O/c1-3-11-8-13(18(4-2)17-11)14(19)16-12-7-5-6-10(12)9-15/h8,10,12H,3-7H2,1-2H3,(H,16,19). The maximum atomic E-state index is 12.3. The van der Waals surface area contributed by atoms with Crippen molar-refractivity contribution in [3.8, 4) is 6.07 Å². The highest BCUT2D eigenvalue weighted by molar-refractivity contribution is 5.93. The van der Waals surface area contributed by atoms with Crippen molar-refractivity contribution in [1.82, 2.24) is 15.1 Å². The summed E-state index contributed by atoms with van der Waals surface area (Å²) in [5, 5.41) is 16.4. The van der Waals surface area contributed by atoms with Crippen LogP contribution in [-0.2, 0) is 13.0 Å². The van der Waals surface area contributed by atoms with E-state index in [-0.39, 0.29) is 17.9 Å². The summed E-state index contributed by atoms with van der Waals surface area (Å²) in [7, 11) is 0. The first-order valence-corrected chi connectivity index (χ1v) is 6.96. The molecule has 102 valence electrons. The summed E-state index contributed by atoms with van der Waals surface area (Å²) in [5.74, 6) is -0.159. The molecule has 1 fully saturated rings. The number of aryl methyl sites for hydroxylation is 2. The smallest absolute Gasteiger partial charge is 0.269 e. The van der Waals surface area contributed by atoms with E-state index < -0.39 is 0 Å². The highest BCUT2D eigenvalue weighted by Crippen LogP contribution is 2.25. The summed E-state index contributed by atoms with van der Waals surface area (Å²) in [6.45, 7) is 4.67. The fourth-order valence-corrected chi connectivity index (χ4v) is 2.60. The molecule has 1 aliphatic carbocycles. The van der Waals surface area contributed by atoms with Gasteiger partial charge in [-0.05, 0) is 38.7 Å². The Labute approximate surface area is 113 Å².